The van der Waals surface area contributed by atoms with E-state index in [0.29, 0.717) is 30.6 Å². The minimum Gasteiger partial charge on any atom is -0.462 e. The number of carbonyl (C=O) groups is 2. The molecule has 1 N–H and O–H groups in total. The summed E-state index contributed by atoms with van der Waals surface area (Å²) in [6.07, 6.45) is 1.10. The van der Waals surface area contributed by atoms with Crippen LogP contribution >= 0.6 is 0 Å². The number of halogens is 1. The van der Waals surface area contributed by atoms with Crippen LogP contribution in [-0.2, 0) is 19.6 Å². The number of nitrogens with one attached hydrogen (secondary N) is 1. The van der Waals surface area contributed by atoms with Gasteiger partial charge in [-0.15, -0.1) is 0 Å². The van der Waals surface area contributed by atoms with E-state index in [1.165, 1.54) is 16.4 Å². The summed E-state index contributed by atoms with van der Waals surface area (Å²) in [6, 6.07) is 10.9. The number of anilines is 1. The minimum absolute atomic E-state index is 0.000452. The number of hydrogen-bond acceptors (Lipinski definition) is 5. The summed E-state index contributed by atoms with van der Waals surface area (Å²) >= 11 is 0. The molecule has 1 aliphatic heterocycles. The molecule has 0 aliphatic carbocycles. The van der Waals surface area contributed by atoms with E-state index in [9.17, 15) is 22.4 Å². The molecular formula is C21H23FN2O5S. The molecule has 2 aromatic carbocycles. The molecule has 0 spiro atoms. The van der Waals surface area contributed by atoms with E-state index < -0.39 is 27.7 Å². The van der Waals surface area contributed by atoms with Gasteiger partial charge in [0, 0.05) is 18.8 Å². The smallest absolute Gasteiger partial charge is 0.338 e. The maximum absolute atomic E-state index is 13.1. The first-order chi connectivity index (χ1) is 14.3. The van der Waals surface area contributed by atoms with Crippen molar-refractivity contribution < 1.29 is 27.1 Å². The molecule has 2 aromatic rings. The predicted octanol–water partition coefficient (Wildman–Crippen LogP) is 3.04. The molecule has 30 heavy (non-hydrogen) atoms. The second kappa shape index (κ2) is 9.36. The number of amides is 1. The van der Waals surface area contributed by atoms with Gasteiger partial charge in [0.2, 0.25) is 15.9 Å². The number of hydrogen-bond donors (Lipinski definition) is 1. The average Bonchev–Trinajstić information content (AvgIpc) is 2.75. The van der Waals surface area contributed by atoms with E-state index in [1.54, 1.807) is 31.2 Å². The number of rotatable bonds is 6. The van der Waals surface area contributed by atoms with Gasteiger partial charge in [-0.2, -0.15) is 4.31 Å². The van der Waals surface area contributed by atoms with Crippen molar-refractivity contribution in [2.75, 3.05) is 25.0 Å². The Morgan fingerprint density at radius 3 is 2.43 bits per heavy atom. The number of esters is 1. The van der Waals surface area contributed by atoms with Gasteiger partial charge in [-0.25, -0.2) is 17.6 Å². The number of nitrogens with zero attached hydrogens (tertiary/aromatic N) is 1. The topological polar surface area (TPSA) is 92.8 Å². The Kier molecular flexibility index (Phi) is 6.84. The molecule has 0 bridgehead atoms. The summed E-state index contributed by atoms with van der Waals surface area (Å²) in [6.45, 7) is 2.34. The molecule has 1 amide bonds. The highest BCUT2D eigenvalue weighted by atomic mass is 32.2. The predicted molar refractivity (Wildman–Crippen MR) is 109 cm³/mol. The molecule has 3 rings (SSSR count). The van der Waals surface area contributed by atoms with Crippen LogP contribution in [0.2, 0.25) is 0 Å². The summed E-state index contributed by atoms with van der Waals surface area (Å²) < 4.78 is 44.9. The van der Waals surface area contributed by atoms with Crippen molar-refractivity contribution in [1.82, 2.24) is 4.31 Å². The maximum Gasteiger partial charge on any atom is 0.338 e. The van der Waals surface area contributed by atoms with Gasteiger partial charge in [0.15, 0.2) is 0 Å². The normalized spacial score (nSPS) is 17.3. The summed E-state index contributed by atoms with van der Waals surface area (Å²) in [5, 5.41) is 2.77. The van der Waals surface area contributed by atoms with Gasteiger partial charge in [0.05, 0.1) is 23.0 Å². The van der Waals surface area contributed by atoms with Crippen molar-refractivity contribution in [3.8, 4) is 0 Å². The van der Waals surface area contributed by atoms with E-state index in [2.05, 4.69) is 5.32 Å². The van der Waals surface area contributed by atoms with Crippen molar-refractivity contribution in [3.05, 3.63) is 59.9 Å². The molecular weight excluding hydrogens is 411 g/mol. The zero-order chi connectivity index (χ0) is 21.7. The summed E-state index contributed by atoms with van der Waals surface area (Å²) in [4.78, 5) is 24.4. The van der Waals surface area contributed by atoms with E-state index in [-0.39, 0.29) is 24.0 Å². The molecule has 1 atom stereocenters. The zero-order valence-electron chi connectivity index (χ0n) is 16.5. The van der Waals surface area contributed by atoms with Crippen LogP contribution in [0.4, 0.5) is 10.1 Å². The molecule has 1 aliphatic rings. The fourth-order valence-electron chi connectivity index (χ4n) is 3.28. The molecule has 160 valence electrons. The Hall–Kier alpha value is -2.78. The monoisotopic (exact) mass is 434 g/mol. The van der Waals surface area contributed by atoms with Crippen LogP contribution in [0.1, 0.15) is 30.1 Å². The lowest BCUT2D eigenvalue weighted by Crippen LogP contribution is -2.43. The first kappa shape index (κ1) is 21.9. The summed E-state index contributed by atoms with van der Waals surface area (Å²) in [5.74, 6) is -1.76. The molecule has 0 unspecified atom stereocenters. The standard InChI is InChI=1S/C21H23FN2O5S/c1-2-29-21(26)15-5-9-18(10-6-15)23-20(25)16-4-3-13-24(14-16)30(27,28)19-11-7-17(22)8-12-19/h5-12,16H,2-4,13-14H2,1H3,(H,23,25)/t16-/m0/s1. The first-order valence-electron chi connectivity index (χ1n) is 9.65. The Balaban J connectivity index is 1.65. The SMILES string of the molecule is CCOC(=O)c1ccc(NC(=O)[C@H]2CCCN(S(=O)(=O)c3ccc(F)cc3)C2)cc1. The highest BCUT2D eigenvalue weighted by Crippen LogP contribution is 2.25. The number of piperidine rings is 1. The van der Waals surface area contributed by atoms with Crippen LogP contribution in [-0.4, -0.2) is 44.3 Å². The average molecular weight is 434 g/mol. The van der Waals surface area contributed by atoms with E-state index in [1.807, 2.05) is 0 Å². The van der Waals surface area contributed by atoms with Crippen molar-refractivity contribution in [1.29, 1.82) is 0 Å². The first-order valence-corrected chi connectivity index (χ1v) is 11.1. The van der Waals surface area contributed by atoms with Crippen LogP contribution in [0.25, 0.3) is 0 Å². The fraction of sp³-hybridized carbons (Fsp3) is 0.333. The molecule has 9 heteroatoms. The number of benzene rings is 2. The van der Waals surface area contributed by atoms with Crippen molar-refractivity contribution in [3.63, 3.8) is 0 Å². The molecule has 1 fully saturated rings. The van der Waals surface area contributed by atoms with Gasteiger partial charge >= 0.3 is 5.97 Å². The van der Waals surface area contributed by atoms with Crippen LogP contribution < -0.4 is 5.32 Å². The highest BCUT2D eigenvalue weighted by molar-refractivity contribution is 7.89. The second-order valence-corrected chi connectivity index (χ2v) is 8.88. The maximum atomic E-state index is 13.1. The van der Waals surface area contributed by atoms with Gasteiger partial charge in [-0.3, -0.25) is 4.79 Å². The number of sulfonamides is 1. The van der Waals surface area contributed by atoms with Gasteiger partial charge in [0.1, 0.15) is 5.82 Å². The van der Waals surface area contributed by atoms with Gasteiger partial charge in [-0.05, 0) is 68.3 Å². The van der Waals surface area contributed by atoms with E-state index in [0.717, 1.165) is 12.1 Å². The van der Waals surface area contributed by atoms with Crippen LogP contribution in [0.3, 0.4) is 0 Å². The Morgan fingerprint density at radius 1 is 1.13 bits per heavy atom. The third-order valence-corrected chi connectivity index (χ3v) is 6.75. The van der Waals surface area contributed by atoms with Crippen molar-refractivity contribution in [2.24, 2.45) is 5.92 Å². The van der Waals surface area contributed by atoms with Crippen molar-refractivity contribution in [2.45, 2.75) is 24.7 Å². The van der Waals surface area contributed by atoms with Gasteiger partial charge < -0.3 is 10.1 Å². The van der Waals surface area contributed by atoms with Crippen LogP contribution in [0.5, 0.6) is 0 Å². The number of carbonyl (C=O) groups excluding carboxylic acids is 2. The largest absolute Gasteiger partial charge is 0.462 e. The molecule has 1 heterocycles. The second-order valence-electron chi connectivity index (χ2n) is 6.94. The molecule has 0 aromatic heterocycles. The molecule has 0 radical (unpaired) electrons. The van der Waals surface area contributed by atoms with Crippen molar-refractivity contribution >= 4 is 27.6 Å². The Labute approximate surface area is 174 Å². The zero-order valence-corrected chi connectivity index (χ0v) is 17.3. The van der Waals surface area contributed by atoms with Crippen LogP contribution in [0, 0.1) is 11.7 Å². The van der Waals surface area contributed by atoms with Gasteiger partial charge in [-0.1, -0.05) is 0 Å². The Morgan fingerprint density at radius 2 is 1.80 bits per heavy atom. The lowest BCUT2D eigenvalue weighted by Gasteiger charge is -2.31. The quantitative estimate of drug-likeness (QED) is 0.706. The summed E-state index contributed by atoms with van der Waals surface area (Å²) in [5.41, 5.74) is 0.885. The van der Waals surface area contributed by atoms with Crippen LogP contribution in [0.15, 0.2) is 53.4 Å². The highest BCUT2D eigenvalue weighted by Gasteiger charge is 2.33. The lowest BCUT2D eigenvalue weighted by molar-refractivity contribution is -0.120. The fourth-order valence-corrected chi connectivity index (χ4v) is 4.80. The van der Waals surface area contributed by atoms with E-state index >= 15 is 0 Å². The third kappa shape index (κ3) is 5.03. The molecule has 0 saturated carbocycles. The third-order valence-electron chi connectivity index (χ3n) is 4.87. The van der Waals surface area contributed by atoms with Gasteiger partial charge in [0.25, 0.3) is 0 Å². The summed E-state index contributed by atoms with van der Waals surface area (Å²) in [7, 11) is -3.80. The molecule has 7 nitrogen and oxygen atoms in total. The minimum atomic E-state index is -3.80. The molecule has 1 saturated heterocycles. The Bertz CT molecular complexity index is 1010. The van der Waals surface area contributed by atoms with E-state index in [4.69, 9.17) is 4.74 Å². The number of ether oxygens (including phenoxy) is 1. The lowest BCUT2D eigenvalue weighted by atomic mass is 9.98.